The number of aryl methyl sites for hydroxylation is 2. The number of aliphatic hydroxyl groups excluding tert-OH is 1. The molecule has 1 aromatic carbocycles. The molecule has 7 nitrogen and oxygen atoms in total. The summed E-state index contributed by atoms with van der Waals surface area (Å²) in [5.41, 5.74) is 4.08. The molecule has 1 aromatic heterocycles. The summed E-state index contributed by atoms with van der Waals surface area (Å²) in [7, 11) is 0. The smallest absolute Gasteiger partial charge is 0.248 e. The van der Waals surface area contributed by atoms with Crippen molar-refractivity contribution >= 4 is 17.6 Å². The van der Waals surface area contributed by atoms with Crippen LogP contribution in [0.4, 0.5) is 5.82 Å². The Balaban J connectivity index is 1.71. The molecule has 2 amide bonds. The van der Waals surface area contributed by atoms with E-state index in [9.17, 15) is 14.7 Å². The number of rotatable bonds is 4. The number of carbonyl (C=O) groups excluding carboxylic acids is 2. The lowest BCUT2D eigenvalue weighted by Crippen LogP contribution is -2.37. The van der Waals surface area contributed by atoms with Gasteiger partial charge in [-0.1, -0.05) is 29.8 Å². The number of nitrogens with zero attached hydrogens (tertiary/aromatic N) is 4. The van der Waals surface area contributed by atoms with Gasteiger partial charge in [-0.2, -0.15) is 0 Å². The number of anilines is 1. The Kier molecular flexibility index (Phi) is 5.32. The second kappa shape index (κ2) is 7.91. The van der Waals surface area contributed by atoms with Gasteiger partial charge in [0, 0.05) is 24.2 Å². The first-order valence-corrected chi connectivity index (χ1v) is 10.1. The Morgan fingerprint density at radius 3 is 2.66 bits per heavy atom. The molecule has 7 heteroatoms. The van der Waals surface area contributed by atoms with E-state index in [1.807, 2.05) is 38.1 Å². The molecule has 3 heterocycles. The monoisotopic (exact) mass is 394 g/mol. The van der Waals surface area contributed by atoms with Crippen LogP contribution in [0, 0.1) is 13.8 Å². The van der Waals surface area contributed by atoms with E-state index in [1.165, 1.54) is 5.56 Å². The van der Waals surface area contributed by atoms with E-state index in [0.29, 0.717) is 37.6 Å². The second-order valence-corrected chi connectivity index (χ2v) is 7.84. The fraction of sp³-hybridized carbons (Fsp3) is 0.455. The third kappa shape index (κ3) is 3.74. The van der Waals surface area contributed by atoms with Crippen LogP contribution in [-0.2, 0) is 22.6 Å². The topological polar surface area (TPSA) is 86.6 Å². The Bertz CT molecular complexity index is 942. The molecule has 1 fully saturated rings. The zero-order chi connectivity index (χ0) is 20.5. The summed E-state index contributed by atoms with van der Waals surface area (Å²) >= 11 is 0. The molecule has 0 unspecified atom stereocenters. The second-order valence-electron chi connectivity index (χ2n) is 7.84. The van der Waals surface area contributed by atoms with Crippen LogP contribution in [-0.4, -0.2) is 44.9 Å². The first-order chi connectivity index (χ1) is 14.0. The minimum atomic E-state index is -0.515. The standard InChI is InChI=1S/C22H26N4O3/c1-14-5-7-16(8-6-14)12-26-19(28)10-9-17-15(2)23-21(24-22(17)26)18-4-3-11-25(18)20(29)13-27/h5-8,18,27H,3-4,9-13H2,1-2H3/t18-/m0/s1. The Hall–Kier alpha value is -2.80. The number of aromatic nitrogens is 2. The molecule has 0 bridgehead atoms. The molecule has 0 radical (unpaired) electrons. The van der Waals surface area contributed by atoms with Gasteiger partial charge in [0.05, 0.1) is 12.6 Å². The summed E-state index contributed by atoms with van der Waals surface area (Å²) in [6, 6.07) is 7.89. The van der Waals surface area contributed by atoms with Crippen LogP contribution in [0.3, 0.4) is 0 Å². The zero-order valence-electron chi connectivity index (χ0n) is 16.9. The van der Waals surface area contributed by atoms with Crippen molar-refractivity contribution < 1.29 is 14.7 Å². The largest absolute Gasteiger partial charge is 0.387 e. The van der Waals surface area contributed by atoms with Crippen molar-refractivity contribution in [1.29, 1.82) is 0 Å². The van der Waals surface area contributed by atoms with Gasteiger partial charge in [-0.15, -0.1) is 0 Å². The number of hydrogen-bond donors (Lipinski definition) is 1. The van der Waals surface area contributed by atoms with Gasteiger partial charge in [0.25, 0.3) is 0 Å². The van der Waals surface area contributed by atoms with Crippen LogP contribution in [0.5, 0.6) is 0 Å². The van der Waals surface area contributed by atoms with E-state index in [0.717, 1.165) is 29.7 Å². The van der Waals surface area contributed by atoms with Crippen LogP contribution in [0.2, 0.25) is 0 Å². The summed E-state index contributed by atoms with van der Waals surface area (Å²) in [6.45, 7) is 4.52. The van der Waals surface area contributed by atoms with Gasteiger partial charge in [0.15, 0.2) is 5.82 Å². The van der Waals surface area contributed by atoms with E-state index in [4.69, 9.17) is 4.98 Å². The molecule has 0 spiro atoms. The van der Waals surface area contributed by atoms with Gasteiger partial charge in [0.1, 0.15) is 12.4 Å². The third-order valence-electron chi connectivity index (χ3n) is 5.82. The molecule has 1 N–H and O–H groups in total. The molecule has 2 aliphatic heterocycles. The van der Waals surface area contributed by atoms with E-state index in [1.54, 1.807) is 9.80 Å². The first kappa shape index (κ1) is 19.5. The minimum Gasteiger partial charge on any atom is -0.387 e. The zero-order valence-corrected chi connectivity index (χ0v) is 16.9. The highest BCUT2D eigenvalue weighted by Gasteiger charge is 2.34. The van der Waals surface area contributed by atoms with Gasteiger partial charge < -0.3 is 10.0 Å². The predicted octanol–water partition coefficient (Wildman–Crippen LogP) is 2.23. The maximum absolute atomic E-state index is 12.8. The summed E-state index contributed by atoms with van der Waals surface area (Å²) in [4.78, 5) is 37.7. The molecule has 1 saturated heterocycles. The minimum absolute atomic E-state index is 0.0526. The van der Waals surface area contributed by atoms with E-state index in [2.05, 4.69) is 4.98 Å². The van der Waals surface area contributed by atoms with E-state index in [-0.39, 0.29) is 17.9 Å². The summed E-state index contributed by atoms with van der Waals surface area (Å²) in [6.07, 6.45) is 2.69. The average molecular weight is 394 g/mol. The third-order valence-corrected chi connectivity index (χ3v) is 5.82. The Morgan fingerprint density at radius 2 is 1.93 bits per heavy atom. The van der Waals surface area contributed by atoms with Gasteiger partial charge >= 0.3 is 0 Å². The van der Waals surface area contributed by atoms with Crippen LogP contribution in [0.25, 0.3) is 0 Å². The maximum Gasteiger partial charge on any atom is 0.248 e. The SMILES string of the molecule is Cc1ccc(CN2C(=O)CCc3c(C)nc([C@@H]4CCCN4C(=O)CO)nc32)cc1. The van der Waals surface area contributed by atoms with Crippen LogP contribution in [0.15, 0.2) is 24.3 Å². The first-order valence-electron chi connectivity index (χ1n) is 10.1. The fourth-order valence-electron chi connectivity index (χ4n) is 4.22. The number of fused-ring (bicyclic) bond motifs is 1. The van der Waals surface area contributed by atoms with Crippen molar-refractivity contribution in [2.24, 2.45) is 0 Å². The number of hydrogen-bond acceptors (Lipinski definition) is 5. The van der Waals surface area contributed by atoms with E-state index < -0.39 is 6.61 Å². The highest BCUT2D eigenvalue weighted by Crippen LogP contribution is 2.35. The lowest BCUT2D eigenvalue weighted by Gasteiger charge is -2.31. The van der Waals surface area contributed by atoms with Crippen molar-refractivity contribution in [1.82, 2.24) is 14.9 Å². The normalized spacial score (nSPS) is 18.9. The number of aliphatic hydroxyl groups is 1. The lowest BCUT2D eigenvalue weighted by atomic mass is 10.0. The Morgan fingerprint density at radius 1 is 1.17 bits per heavy atom. The quantitative estimate of drug-likeness (QED) is 0.859. The summed E-state index contributed by atoms with van der Waals surface area (Å²) in [5, 5.41) is 9.28. The fourth-order valence-corrected chi connectivity index (χ4v) is 4.22. The van der Waals surface area contributed by atoms with Gasteiger partial charge in [-0.05, 0) is 38.7 Å². The molecular weight excluding hydrogens is 368 g/mol. The molecule has 1 atom stereocenters. The molecule has 0 saturated carbocycles. The predicted molar refractivity (Wildman–Crippen MR) is 108 cm³/mol. The Labute approximate surface area is 170 Å². The number of benzene rings is 1. The van der Waals surface area contributed by atoms with E-state index >= 15 is 0 Å². The lowest BCUT2D eigenvalue weighted by molar-refractivity contribution is -0.135. The van der Waals surface area contributed by atoms with Crippen molar-refractivity contribution in [2.45, 2.75) is 52.1 Å². The van der Waals surface area contributed by atoms with Gasteiger partial charge in [-0.25, -0.2) is 9.97 Å². The molecule has 4 rings (SSSR count). The van der Waals surface area contributed by atoms with Crippen molar-refractivity contribution in [3.63, 3.8) is 0 Å². The molecule has 0 aliphatic carbocycles. The maximum atomic E-state index is 12.8. The highest BCUT2D eigenvalue weighted by atomic mass is 16.3. The molecule has 152 valence electrons. The van der Waals surface area contributed by atoms with Gasteiger partial charge in [-0.3, -0.25) is 14.5 Å². The van der Waals surface area contributed by atoms with Crippen LogP contribution in [0.1, 0.15) is 53.5 Å². The number of likely N-dealkylation sites (tertiary alicyclic amines) is 1. The number of amides is 2. The summed E-state index contributed by atoms with van der Waals surface area (Å²) < 4.78 is 0. The summed E-state index contributed by atoms with van der Waals surface area (Å²) in [5.74, 6) is 0.965. The average Bonchev–Trinajstić information content (AvgIpc) is 3.21. The van der Waals surface area contributed by atoms with Crippen molar-refractivity contribution in [2.75, 3.05) is 18.1 Å². The van der Waals surface area contributed by atoms with Crippen molar-refractivity contribution in [3.8, 4) is 0 Å². The van der Waals surface area contributed by atoms with Crippen LogP contribution >= 0.6 is 0 Å². The molecule has 2 aliphatic rings. The highest BCUT2D eigenvalue weighted by molar-refractivity contribution is 5.95. The number of carbonyl (C=O) groups is 2. The molecule has 2 aromatic rings. The molecular formula is C22H26N4O3. The van der Waals surface area contributed by atoms with Crippen molar-refractivity contribution in [3.05, 3.63) is 52.5 Å². The molecule has 29 heavy (non-hydrogen) atoms. The van der Waals surface area contributed by atoms with Crippen LogP contribution < -0.4 is 4.90 Å². The van der Waals surface area contributed by atoms with Gasteiger partial charge in [0.2, 0.25) is 11.8 Å².